The van der Waals surface area contributed by atoms with E-state index in [1.807, 2.05) is 12.2 Å². The second kappa shape index (κ2) is 14.7. The Labute approximate surface area is 291 Å². The van der Waals surface area contributed by atoms with Crippen molar-refractivity contribution in [3.05, 3.63) is 72.2 Å². The molecule has 0 aliphatic heterocycles. The van der Waals surface area contributed by atoms with Crippen molar-refractivity contribution in [1.82, 2.24) is 25.8 Å². The summed E-state index contributed by atoms with van der Waals surface area (Å²) < 4.78 is 42.3. The number of hydrogen-bond acceptors (Lipinski definition) is 11. The summed E-state index contributed by atoms with van der Waals surface area (Å²) in [5, 5.41) is 8.71. The average Bonchev–Trinajstić information content (AvgIpc) is 3.52. The Hall–Kier alpha value is -5.31. The van der Waals surface area contributed by atoms with Gasteiger partial charge in [0.05, 0.1) is 22.0 Å². The summed E-state index contributed by atoms with van der Waals surface area (Å²) in [6.45, 7) is 13.1. The van der Waals surface area contributed by atoms with Gasteiger partial charge in [-0.3, -0.25) is 0 Å². The zero-order valence-electron chi connectivity index (χ0n) is 29.5. The average molecular weight is 707 g/mol. The number of rotatable bonds is 7. The van der Waals surface area contributed by atoms with Gasteiger partial charge in [-0.15, -0.1) is 0 Å². The van der Waals surface area contributed by atoms with Crippen molar-refractivity contribution in [2.75, 3.05) is 11.9 Å². The number of nitrogens with zero attached hydrogens (tertiary/aromatic N) is 4. The van der Waals surface area contributed by atoms with Crippen molar-refractivity contribution >= 4 is 39.4 Å². The zero-order valence-corrected chi connectivity index (χ0v) is 30.3. The number of carbonyl (C=O) groups is 3. The molecule has 2 N–H and O–H groups in total. The largest absolute Gasteiger partial charge is 0.443 e. The lowest BCUT2D eigenvalue weighted by Gasteiger charge is -2.28. The van der Waals surface area contributed by atoms with E-state index >= 15 is 0 Å². The van der Waals surface area contributed by atoms with Crippen molar-refractivity contribution in [2.45, 2.75) is 83.2 Å². The van der Waals surface area contributed by atoms with Crippen molar-refractivity contribution in [1.29, 1.82) is 0 Å². The summed E-state index contributed by atoms with van der Waals surface area (Å²) in [5.41, 5.74) is 0.788. The van der Waals surface area contributed by atoms with Crippen molar-refractivity contribution in [2.24, 2.45) is 0 Å². The fraction of sp³-hybridized carbons (Fsp3) is 0.371. The van der Waals surface area contributed by atoms with Crippen LogP contribution in [0.1, 0.15) is 67.5 Å². The predicted octanol–water partition coefficient (Wildman–Crippen LogP) is 6.81. The highest BCUT2D eigenvalue weighted by Gasteiger charge is 2.37. The van der Waals surface area contributed by atoms with Gasteiger partial charge >= 0.3 is 18.2 Å². The van der Waals surface area contributed by atoms with Gasteiger partial charge in [0.15, 0.2) is 27.1 Å². The number of allylic oxidation sites excluding steroid dienone is 5. The summed E-state index contributed by atoms with van der Waals surface area (Å²) in [5.74, 6) is -0.171. The summed E-state index contributed by atoms with van der Waals surface area (Å²) in [6.07, 6.45) is 6.83. The van der Waals surface area contributed by atoms with Gasteiger partial charge < -0.3 is 24.6 Å². The molecule has 0 atom stereocenters. The lowest BCUT2D eigenvalue weighted by atomic mass is 10.0. The maximum absolute atomic E-state index is 13.6. The first-order valence-electron chi connectivity index (χ1n) is 15.8. The van der Waals surface area contributed by atoms with Crippen LogP contribution in [0.2, 0.25) is 0 Å². The number of amides is 4. The van der Waals surface area contributed by atoms with Gasteiger partial charge in [-0.2, -0.15) is 4.90 Å². The van der Waals surface area contributed by atoms with Crippen LogP contribution in [0.3, 0.4) is 0 Å². The molecule has 3 aromatic rings. The minimum Gasteiger partial charge on any atom is -0.443 e. The number of benzene rings is 1. The summed E-state index contributed by atoms with van der Waals surface area (Å²) in [4.78, 5) is 48.8. The molecule has 1 aliphatic rings. The van der Waals surface area contributed by atoms with Gasteiger partial charge in [0.1, 0.15) is 16.9 Å². The van der Waals surface area contributed by atoms with Crippen LogP contribution in [0, 0.1) is 0 Å². The monoisotopic (exact) mass is 706 g/mol. The molecule has 1 aliphatic carbocycles. The molecule has 14 nitrogen and oxygen atoms in total. The summed E-state index contributed by atoms with van der Waals surface area (Å²) in [7, 11) is -2.00. The van der Waals surface area contributed by atoms with E-state index in [0.717, 1.165) is 5.57 Å². The molecule has 2 aromatic heterocycles. The molecular formula is C35H42N6O8S. The smallest absolute Gasteiger partial charge is 0.425 e. The number of ether oxygens (including phenoxy) is 2. The molecule has 0 spiro atoms. The molecule has 266 valence electrons. The minimum atomic E-state index is -3.52. The van der Waals surface area contributed by atoms with E-state index in [9.17, 15) is 22.8 Å². The van der Waals surface area contributed by atoms with Gasteiger partial charge in [-0.1, -0.05) is 35.5 Å². The quantitative estimate of drug-likeness (QED) is 0.263. The molecule has 0 unspecified atom stereocenters. The first kappa shape index (κ1) is 37.5. The fourth-order valence-corrected chi connectivity index (χ4v) is 5.47. The Morgan fingerprint density at radius 2 is 1.58 bits per heavy atom. The molecule has 50 heavy (non-hydrogen) atoms. The lowest BCUT2D eigenvalue weighted by Crippen LogP contribution is -2.44. The standard InChI is InChI=1S/C35H42N6O8S/c1-21(2)50(45,46)25-16-14-24(15-17-25)27-20-37-30(41(32(43)47-34(3,4)5)33(44)48-35(6,7)8)29(39-27)28-18-26(40-49-28)23-12-10-22(11-13-23)19-38-31(42)36-9/h10,12-21H,11H2,1-9H3,(H2,36,38,42). The molecule has 0 saturated heterocycles. The fourth-order valence-electron chi connectivity index (χ4n) is 4.41. The molecule has 4 rings (SSSR count). The van der Waals surface area contributed by atoms with Crippen LogP contribution in [0.15, 0.2) is 75.9 Å². The SMILES string of the molecule is CNC(=O)NC=C1C=CC(c2cc(-c3nc(-c4ccc(S(=O)(=O)C(C)C)cc4)cnc3N(C(=O)OC(C)(C)C)C(=O)OC(C)(C)C)on2)=CC1. The Morgan fingerprint density at radius 1 is 0.960 bits per heavy atom. The number of sulfone groups is 1. The van der Waals surface area contributed by atoms with Crippen LogP contribution in [-0.4, -0.2) is 65.3 Å². The van der Waals surface area contributed by atoms with Gasteiger partial charge in [0.25, 0.3) is 0 Å². The highest BCUT2D eigenvalue weighted by atomic mass is 32.2. The van der Waals surface area contributed by atoms with Gasteiger partial charge in [0, 0.05) is 30.5 Å². The molecule has 4 amide bonds. The van der Waals surface area contributed by atoms with Crippen molar-refractivity contribution < 1.29 is 36.8 Å². The number of imide groups is 1. The number of urea groups is 1. The highest BCUT2D eigenvalue weighted by molar-refractivity contribution is 7.92. The number of aromatic nitrogens is 3. The molecule has 1 aromatic carbocycles. The molecule has 0 fully saturated rings. The van der Waals surface area contributed by atoms with Gasteiger partial charge in [-0.25, -0.2) is 32.8 Å². The Bertz CT molecular complexity index is 1940. The number of carbonyl (C=O) groups excluding carboxylic acids is 3. The summed E-state index contributed by atoms with van der Waals surface area (Å²) in [6, 6.07) is 7.39. The first-order chi connectivity index (χ1) is 23.3. The van der Waals surface area contributed by atoms with Crippen LogP contribution >= 0.6 is 0 Å². The Balaban J connectivity index is 1.83. The molecule has 15 heteroatoms. The third kappa shape index (κ3) is 9.22. The lowest BCUT2D eigenvalue weighted by molar-refractivity contribution is 0.0429. The van der Waals surface area contributed by atoms with E-state index in [1.54, 1.807) is 85.9 Å². The zero-order chi connectivity index (χ0) is 37.0. The topological polar surface area (TPSA) is 183 Å². The van der Waals surface area contributed by atoms with E-state index in [-0.39, 0.29) is 28.2 Å². The van der Waals surface area contributed by atoms with Crippen molar-refractivity contribution in [3.8, 4) is 22.7 Å². The number of hydrogen-bond donors (Lipinski definition) is 2. The van der Waals surface area contributed by atoms with E-state index < -0.39 is 38.5 Å². The summed E-state index contributed by atoms with van der Waals surface area (Å²) >= 11 is 0. The van der Waals surface area contributed by atoms with Gasteiger partial charge in [0.2, 0.25) is 0 Å². The van der Waals surface area contributed by atoms with Crippen LogP contribution in [0.25, 0.3) is 28.3 Å². The van der Waals surface area contributed by atoms with Gasteiger partial charge in [-0.05, 0) is 79.5 Å². The number of anilines is 1. The van der Waals surface area contributed by atoms with Crippen LogP contribution in [0.5, 0.6) is 0 Å². The maximum Gasteiger partial charge on any atom is 0.425 e. The molecule has 0 bridgehead atoms. The molecule has 0 saturated carbocycles. The molecule has 2 heterocycles. The highest BCUT2D eigenvalue weighted by Crippen LogP contribution is 2.35. The third-order valence-electron chi connectivity index (χ3n) is 6.91. The van der Waals surface area contributed by atoms with Crippen LogP contribution in [0.4, 0.5) is 20.2 Å². The first-order valence-corrected chi connectivity index (χ1v) is 17.3. The van der Waals surface area contributed by atoms with Crippen LogP contribution < -0.4 is 15.5 Å². The molecular weight excluding hydrogens is 664 g/mol. The second-order valence-electron chi connectivity index (χ2n) is 13.6. The second-order valence-corrected chi connectivity index (χ2v) is 16.1. The van der Waals surface area contributed by atoms with E-state index in [1.165, 1.54) is 25.4 Å². The Morgan fingerprint density at radius 3 is 2.10 bits per heavy atom. The third-order valence-corrected chi connectivity index (χ3v) is 9.08. The molecule has 0 radical (unpaired) electrons. The van der Waals surface area contributed by atoms with E-state index in [2.05, 4.69) is 20.8 Å². The van der Waals surface area contributed by atoms with E-state index in [4.69, 9.17) is 19.0 Å². The number of nitrogens with one attached hydrogen (secondary N) is 2. The maximum atomic E-state index is 13.6. The normalized spacial score (nSPS) is 14.3. The predicted molar refractivity (Wildman–Crippen MR) is 188 cm³/mol. The van der Waals surface area contributed by atoms with E-state index in [0.29, 0.717) is 33.8 Å². The van der Waals surface area contributed by atoms with Crippen LogP contribution in [-0.2, 0) is 19.3 Å². The Kier molecular flexibility index (Phi) is 11.0. The van der Waals surface area contributed by atoms with Crippen molar-refractivity contribution in [3.63, 3.8) is 0 Å². The minimum absolute atomic E-state index is 0.0346.